The van der Waals surface area contributed by atoms with E-state index >= 15 is 0 Å². The summed E-state index contributed by atoms with van der Waals surface area (Å²) in [4.78, 5) is 37.7. The third-order valence-electron chi connectivity index (χ3n) is 13.2. The van der Waals surface area contributed by atoms with Gasteiger partial charge in [0.25, 0.3) is 0 Å². The predicted molar refractivity (Wildman–Crippen MR) is 318 cm³/mol. The Hall–Kier alpha value is -8.47. The van der Waals surface area contributed by atoms with Crippen molar-refractivity contribution in [2.24, 2.45) is 0 Å². The van der Waals surface area contributed by atoms with Crippen molar-refractivity contribution >= 4 is 0 Å². The van der Waals surface area contributed by atoms with Crippen LogP contribution in [0.25, 0.3) is 68.3 Å². The summed E-state index contributed by atoms with van der Waals surface area (Å²) in [6, 6.07) is 55.1. The zero-order chi connectivity index (χ0) is 57.0. The van der Waals surface area contributed by atoms with Gasteiger partial charge in [-0.15, -0.1) is 23.8 Å². The molecule has 13 heteroatoms. The summed E-state index contributed by atoms with van der Waals surface area (Å²) in [7, 11) is 0. The van der Waals surface area contributed by atoms with Gasteiger partial charge in [0.2, 0.25) is 11.8 Å². The van der Waals surface area contributed by atoms with Crippen LogP contribution in [0, 0.1) is 6.07 Å². The van der Waals surface area contributed by atoms with Crippen LogP contribution in [-0.4, -0.2) is 50.1 Å². The van der Waals surface area contributed by atoms with Crippen LogP contribution in [0.3, 0.4) is 0 Å². The molecule has 0 amide bonds. The molecule has 0 saturated carbocycles. The Bertz CT molecular complexity index is 3530. The van der Waals surface area contributed by atoms with E-state index in [-0.39, 0.29) is 54.2 Å². The van der Waals surface area contributed by atoms with E-state index < -0.39 is 0 Å². The average Bonchev–Trinajstić information content (AvgIpc) is 3.57. The Morgan fingerprint density at radius 2 is 0.778 bits per heavy atom. The Morgan fingerprint density at radius 3 is 1.23 bits per heavy atom. The normalized spacial score (nSPS) is 11.7. The molecule has 10 rings (SSSR count). The molecule has 0 aliphatic heterocycles. The number of nitrogens with zero attached hydrogens (tertiary/aromatic N) is 8. The number of rotatable bonds is 10. The van der Waals surface area contributed by atoms with Gasteiger partial charge in [-0.2, -0.15) is 0 Å². The Morgan fingerprint density at radius 1 is 0.370 bits per heavy atom. The van der Waals surface area contributed by atoms with Crippen LogP contribution in [-0.2, 0) is 42.7 Å². The van der Waals surface area contributed by atoms with E-state index in [2.05, 4.69) is 111 Å². The Balaban J connectivity index is 0.000000210. The SMILES string of the molecule is CC(C)(C)c1cc(-c2nc(-c3[c-]c(Oc4ccccn4)ccc3)nc(-c3ccccc3)n2)c(O)c(C(C)(C)C)c1.CC(C)(C)c1cc(-c2nc(-c3ccccc3)nc(-c3cccc(Oc4ccccn4)c3)n2)c(O)c(C(C)(C)C)c1.[Pt]. The summed E-state index contributed by atoms with van der Waals surface area (Å²) in [6.07, 6.45) is 3.36. The van der Waals surface area contributed by atoms with Crippen molar-refractivity contribution in [3.63, 3.8) is 0 Å². The van der Waals surface area contributed by atoms with Gasteiger partial charge in [-0.3, -0.25) is 9.97 Å². The first-order chi connectivity index (χ1) is 38.0. The van der Waals surface area contributed by atoms with Gasteiger partial charge >= 0.3 is 0 Å². The van der Waals surface area contributed by atoms with Gasteiger partial charge in [-0.25, -0.2) is 29.9 Å². The summed E-state index contributed by atoms with van der Waals surface area (Å²) >= 11 is 0. The van der Waals surface area contributed by atoms with Gasteiger partial charge in [-0.1, -0.05) is 186 Å². The van der Waals surface area contributed by atoms with Crippen LogP contribution in [0.5, 0.6) is 34.8 Å². The van der Waals surface area contributed by atoms with E-state index in [9.17, 15) is 10.2 Å². The quantitative estimate of drug-likeness (QED) is 0.125. The molecule has 0 aliphatic carbocycles. The summed E-state index contributed by atoms with van der Waals surface area (Å²) in [5, 5.41) is 23.1. The second kappa shape index (κ2) is 24.1. The standard InChI is InChI=1S/C34H34N4O2.C34H33N4O2.Pt/c2*1-33(2,3)24-20-26(29(39)27(21-24)34(4,5)6)32-37-30(22-13-8-7-9-14-22)36-31(38-32)23-15-12-16-25(19-23)40-28-17-10-11-18-35-28;/h7-21,39H,1-6H3;7-18,20-21,39H,1-6H3;/q;-1;. The maximum absolute atomic E-state index is 11.6. The molecule has 0 unspecified atom stereocenters. The van der Waals surface area contributed by atoms with Crippen LogP contribution >= 0.6 is 0 Å². The molecule has 4 aromatic heterocycles. The number of hydrogen-bond acceptors (Lipinski definition) is 12. The zero-order valence-electron chi connectivity index (χ0n) is 47.8. The number of pyridine rings is 2. The van der Waals surface area contributed by atoms with Crippen molar-refractivity contribution < 1.29 is 40.8 Å². The molecular weight excluding hydrogens is 1190 g/mol. The summed E-state index contributed by atoms with van der Waals surface area (Å²) in [5.74, 6) is 5.17. The number of aromatic nitrogens is 8. The van der Waals surface area contributed by atoms with Crippen molar-refractivity contribution in [1.82, 2.24) is 39.9 Å². The smallest absolute Gasteiger partial charge is 0.219 e. The second-order valence-corrected chi connectivity index (χ2v) is 23.7. The molecule has 0 atom stereocenters. The molecule has 4 heterocycles. The van der Waals surface area contributed by atoms with Gasteiger partial charge < -0.3 is 19.7 Å². The van der Waals surface area contributed by atoms with E-state index in [0.29, 0.717) is 74.9 Å². The summed E-state index contributed by atoms with van der Waals surface area (Å²) in [6.45, 7) is 25.5. The van der Waals surface area contributed by atoms with Crippen molar-refractivity contribution in [3.8, 4) is 103 Å². The molecule has 0 saturated heterocycles. The van der Waals surface area contributed by atoms with Crippen molar-refractivity contribution in [2.75, 3.05) is 0 Å². The van der Waals surface area contributed by atoms with Crippen molar-refractivity contribution in [3.05, 3.63) is 205 Å². The van der Waals surface area contributed by atoms with Crippen molar-refractivity contribution in [1.29, 1.82) is 0 Å². The van der Waals surface area contributed by atoms with Gasteiger partial charge in [0.1, 0.15) is 17.2 Å². The average molecular weight is 1260 g/mol. The maximum Gasteiger partial charge on any atom is 0.219 e. The van der Waals surface area contributed by atoms with Gasteiger partial charge in [-0.05, 0) is 69.2 Å². The zero-order valence-corrected chi connectivity index (χ0v) is 50.1. The fraction of sp³-hybridized carbons (Fsp3) is 0.235. The second-order valence-electron chi connectivity index (χ2n) is 23.7. The topological polar surface area (TPSA) is 162 Å². The fourth-order valence-corrected chi connectivity index (χ4v) is 8.68. The molecule has 12 nitrogen and oxygen atoms in total. The van der Waals surface area contributed by atoms with Gasteiger partial charge in [0, 0.05) is 79.2 Å². The van der Waals surface area contributed by atoms with E-state index in [0.717, 1.165) is 38.9 Å². The number of ether oxygens (including phenoxy) is 2. The van der Waals surface area contributed by atoms with Crippen LogP contribution in [0.1, 0.15) is 105 Å². The van der Waals surface area contributed by atoms with Gasteiger partial charge in [0.05, 0.1) is 17.0 Å². The summed E-state index contributed by atoms with van der Waals surface area (Å²) in [5.41, 5.74) is 7.27. The molecule has 6 aromatic carbocycles. The molecule has 10 aromatic rings. The molecule has 0 spiro atoms. The molecule has 0 fully saturated rings. The Kier molecular flexibility index (Phi) is 17.4. The van der Waals surface area contributed by atoms with E-state index in [1.54, 1.807) is 24.5 Å². The van der Waals surface area contributed by atoms with Crippen LogP contribution in [0.15, 0.2) is 176 Å². The van der Waals surface area contributed by atoms with E-state index in [4.69, 9.17) is 39.4 Å². The third kappa shape index (κ3) is 14.3. The molecule has 414 valence electrons. The third-order valence-corrected chi connectivity index (χ3v) is 13.2. The monoisotopic (exact) mass is 1250 g/mol. The van der Waals surface area contributed by atoms with Crippen LogP contribution in [0.2, 0.25) is 0 Å². The minimum absolute atomic E-state index is 0. The predicted octanol–water partition coefficient (Wildman–Crippen LogP) is 16.5. The number of benzene rings is 6. The first-order valence-corrected chi connectivity index (χ1v) is 26.7. The van der Waals surface area contributed by atoms with Crippen LogP contribution < -0.4 is 9.47 Å². The van der Waals surface area contributed by atoms with E-state index in [1.807, 2.05) is 140 Å². The van der Waals surface area contributed by atoms with Gasteiger partial charge in [0.15, 0.2) is 29.1 Å². The number of hydrogen-bond donors (Lipinski definition) is 2. The molecule has 0 aliphatic rings. The Labute approximate surface area is 490 Å². The molecule has 2 N–H and O–H groups in total. The molecule has 0 radical (unpaired) electrons. The minimum Gasteiger partial charge on any atom is -0.507 e. The number of phenolic OH excluding ortho intramolecular Hbond substituents is 2. The van der Waals surface area contributed by atoms with Crippen molar-refractivity contribution in [2.45, 2.75) is 105 Å². The number of aromatic hydroxyl groups is 2. The minimum atomic E-state index is -0.289. The molecule has 81 heavy (non-hydrogen) atoms. The maximum atomic E-state index is 11.6. The summed E-state index contributed by atoms with van der Waals surface area (Å²) < 4.78 is 11.9. The fourth-order valence-electron chi connectivity index (χ4n) is 8.68. The first kappa shape index (κ1) is 58.7. The van der Waals surface area contributed by atoms with E-state index in [1.165, 1.54) is 0 Å². The number of phenols is 2. The molecule has 0 bridgehead atoms. The molecular formula is C68H67N8O4Pt-. The first-order valence-electron chi connectivity index (χ1n) is 26.7. The largest absolute Gasteiger partial charge is 0.507 e. The van der Waals surface area contributed by atoms with Crippen LogP contribution in [0.4, 0.5) is 0 Å².